The standard InChI is InChI=1S/C43H51N15O6/c1-6-56-35-32(24(3)51-56)58-25(4)52-57(7-2)40(58)39(62)50-42-48-30-20-27(37(45)60)21-31(63-5)34(30)55(42)14-9-8-13-54-33-28(46-12-15-53-22-43(23-53)10-16-64-17-11-43)18-26(36(44)59)19-29(33)47-41(54)49-38(35)61/h8-9,18-21,46H,6-7,10-17,22-23H2,1-5H3,(H5-,44,45,47,48,49,50,59,60,61,62)/p+1/b9-8+. The number of fused-ring (bicyclic) bond motifs is 9. The number of benzene rings is 2. The SMILES string of the molecule is CCn1nc(C)c2c1C(=O)Nc1nc3cc(C(N)=O)cc(NCCN4CC5(CCOCC5)C4)c3n1C/C=C/Cn1c(nc3cc(C(N)=O)cc(OC)c31)NC(=O)c1n(CC)nc(C)[n+]1-2. The highest BCUT2D eigenvalue weighted by Gasteiger charge is 2.43. The number of primary amides is 2. The summed E-state index contributed by atoms with van der Waals surface area (Å²) in [4.78, 5) is 66.7. The third kappa shape index (κ3) is 7.28. The van der Waals surface area contributed by atoms with E-state index in [1.54, 1.807) is 50.5 Å². The van der Waals surface area contributed by atoms with E-state index >= 15 is 0 Å². The normalized spacial score (nSPS) is 17.0. The number of aromatic nitrogens is 9. The molecule has 7 heterocycles. The van der Waals surface area contributed by atoms with Gasteiger partial charge in [0.2, 0.25) is 23.7 Å². The van der Waals surface area contributed by atoms with Crippen LogP contribution in [0.15, 0.2) is 36.4 Å². The molecule has 3 aliphatic heterocycles. The number of nitrogens with two attached hydrogens (primary N) is 2. The molecule has 7 N–H and O–H groups in total. The molecule has 2 fully saturated rings. The van der Waals surface area contributed by atoms with Crippen LogP contribution in [0.4, 0.5) is 17.6 Å². The Morgan fingerprint density at radius 3 is 2.09 bits per heavy atom. The third-order valence-corrected chi connectivity index (χ3v) is 12.4. The summed E-state index contributed by atoms with van der Waals surface area (Å²) in [6.07, 6.45) is 5.92. The molecule has 0 atom stereocenters. The summed E-state index contributed by atoms with van der Waals surface area (Å²) in [7, 11) is 1.48. The van der Waals surface area contributed by atoms with Crippen LogP contribution in [0.1, 0.15) is 80.0 Å². The van der Waals surface area contributed by atoms with Crippen molar-refractivity contribution in [3.8, 4) is 11.4 Å². The average Bonchev–Trinajstić information content (AvgIpc) is 4.00. The highest BCUT2D eigenvalue weighted by atomic mass is 16.5. The van der Waals surface area contributed by atoms with Gasteiger partial charge in [0.1, 0.15) is 17.8 Å². The molecule has 0 bridgehead atoms. The van der Waals surface area contributed by atoms with E-state index in [2.05, 4.69) is 20.9 Å². The lowest BCUT2D eigenvalue weighted by Gasteiger charge is -2.52. The summed E-state index contributed by atoms with van der Waals surface area (Å²) in [6, 6.07) is 6.43. The molecule has 1 spiro atoms. The lowest BCUT2D eigenvalue weighted by Crippen LogP contribution is -2.59. The highest BCUT2D eigenvalue weighted by Crippen LogP contribution is 2.40. The van der Waals surface area contributed by atoms with Crippen molar-refractivity contribution in [2.75, 3.05) is 62.5 Å². The molecule has 4 aromatic heterocycles. The summed E-state index contributed by atoms with van der Waals surface area (Å²) in [5.74, 6) is -1.15. The topological polar surface area (TPSA) is 253 Å². The maximum absolute atomic E-state index is 14.8. The number of carbonyl (C=O) groups excluding carboxylic acids is 4. The van der Waals surface area contributed by atoms with Gasteiger partial charge in [0, 0.05) is 87.6 Å². The van der Waals surface area contributed by atoms with Crippen LogP contribution in [0.2, 0.25) is 0 Å². The number of allylic oxidation sites excluding steroid dienone is 2. The van der Waals surface area contributed by atoms with Gasteiger partial charge in [0.15, 0.2) is 11.4 Å². The summed E-state index contributed by atoms with van der Waals surface area (Å²) in [6.45, 7) is 13.3. The Bertz CT molecular complexity index is 2910. The lowest BCUT2D eigenvalue weighted by molar-refractivity contribution is -0.606. The Morgan fingerprint density at radius 1 is 0.859 bits per heavy atom. The fourth-order valence-corrected chi connectivity index (χ4v) is 9.36. The second kappa shape index (κ2) is 16.5. The highest BCUT2D eigenvalue weighted by molar-refractivity contribution is 6.07. The van der Waals surface area contributed by atoms with Crippen LogP contribution in [0.3, 0.4) is 0 Å². The van der Waals surface area contributed by atoms with Gasteiger partial charge < -0.3 is 40.3 Å². The van der Waals surface area contributed by atoms with Gasteiger partial charge in [-0.05, 0) is 57.9 Å². The molecule has 2 aromatic carbocycles. The van der Waals surface area contributed by atoms with Crippen LogP contribution >= 0.6 is 0 Å². The zero-order valence-electron chi connectivity index (χ0n) is 36.5. The zero-order valence-corrected chi connectivity index (χ0v) is 36.5. The number of aryl methyl sites for hydroxylation is 4. The maximum atomic E-state index is 14.8. The lowest BCUT2D eigenvalue weighted by atomic mass is 9.73. The van der Waals surface area contributed by atoms with Crippen molar-refractivity contribution in [3.05, 3.63) is 70.6 Å². The van der Waals surface area contributed by atoms with Gasteiger partial charge in [-0.25, -0.2) is 9.97 Å². The molecule has 0 saturated carbocycles. The molecule has 21 heteroatoms. The molecule has 64 heavy (non-hydrogen) atoms. The first-order chi connectivity index (χ1) is 30.8. The van der Waals surface area contributed by atoms with Crippen LogP contribution in [0, 0.1) is 19.3 Å². The van der Waals surface area contributed by atoms with Gasteiger partial charge >= 0.3 is 11.7 Å². The average molecular weight is 875 g/mol. The number of nitrogens with zero attached hydrogens (tertiary/aromatic N) is 10. The predicted molar refractivity (Wildman–Crippen MR) is 236 cm³/mol. The van der Waals surface area contributed by atoms with E-state index in [0.29, 0.717) is 75.8 Å². The molecule has 0 unspecified atom stereocenters. The summed E-state index contributed by atoms with van der Waals surface area (Å²) < 4.78 is 19.8. The van der Waals surface area contributed by atoms with E-state index in [0.717, 1.165) is 45.7 Å². The van der Waals surface area contributed by atoms with E-state index < -0.39 is 23.6 Å². The zero-order chi connectivity index (χ0) is 45.0. The minimum absolute atomic E-state index is 0.113. The monoisotopic (exact) mass is 874 g/mol. The molecule has 0 aliphatic carbocycles. The molecule has 2 saturated heterocycles. The molecule has 9 rings (SSSR count). The number of carbonyl (C=O) groups is 4. The molecular weight excluding hydrogens is 823 g/mol. The van der Waals surface area contributed by atoms with E-state index in [-0.39, 0.29) is 47.6 Å². The fraction of sp³-hybridized carbons (Fsp3) is 0.419. The quantitative estimate of drug-likeness (QED) is 0.104. The number of anilines is 3. The van der Waals surface area contributed by atoms with Crippen LogP contribution in [0.5, 0.6) is 5.75 Å². The van der Waals surface area contributed by atoms with Crippen LogP contribution in [-0.2, 0) is 30.9 Å². The summed E-state index contributed by atoms with van der Waals surface area (Å²) in [5, 5.41) is 19.1. The molecule has 0 radical (unpaired) electrons. The molecule has 21 nitrogen and oxygen atoms in total. The van der Waals surface area contributed by atoms with Crippen molar-refractivity contribution >= 4 is 63.3 Å². The Balaban J connectivity index is 1.20. The first kappa shape index (κ1) is 42.2. The first-order valence-electron chi connectivity index (χ1n) is 21.4. The largest absolute Gasteiger partial charge is 0.494 e. The number of hydrogen-bond acceptors (Lipinski definition) is 12. The second-order valence-electron chi connectivity index (χ2n) is 16.5. The number of likely N-dealkylation sites (tertiary alicyclic amines) is 1. The molecule has 334 valence electrons. The van der Waals surface area contributed by atoms with Gasteiger partial charge in [-0.2, -0.15) is 9.67 Å². The number of hydrogen-bond donors (Lipinski definition) is 5. The van der Waals surface area contributed by atoms with E-state index in [4.69, 9.17) is 41.1 Å². The van der Waals surface area contributed by atoms with Crippen molar-refractivity contribution in [1.82, 2.24) is 43.6 Å². The van der Waals surface area contributed by atoms with Crippen LogP contribution < -0.4 is 36.7 Å². The van der Waals surface area contributed by atoms with Gasteiger partial charge in [-0.3, -0.25) is 34.5 Å². The molecule has 6 aromatic rings. The fourth-order valence-electron chi connectivity index (χ4n) is 9.36. The van der Waals surface area contributed by atoms with Crippen LogP contribution in [-0.4, -0.2) is 114 Å². The smallest absolute Gasteiger partial charge is 0.331 e. The molecule has 3 aliphatic rings. The van der Waals surface area contributed by atoms with E-state index in [1.807, 2.05) is 30.6 Å². The number of methoxy groups -OCH3 is 1. The Kier molecular flexibility index (Phi) is 10.9. The van der Waals surface area contributed by atoms with Gasteiger partial charge in [0.25, 0.3) is 11.7 Å². The van der Waals surface area contributed by atoms with Crippen molar-refractivity contribution in [2.24, 2.45) is 16.9 Å². The van der Waals surface area contributed by atoms with Crippen molar-refractivity contribution < 1.29 is 33.2 Å². The minimum atomic E-state index is -0.667. The van der Waals surface area contributed by atoms with Gasteiger partial charge in [0.05, 0.1) is 35.0 Å². The summed E-state index contributed by atoms with van der Waals surface area (Å²) >= 11 is 0. The van der Waals surface area contributed by atoms with Crippen molar-refractivity contribution in [2.45, 2.75) is 66.7 Å². The maximum Gasteiger partial charge on any atom is 0.331 e. The first-order valence-corrected chi connectivity index (χ1v) is 21.4. The third-order valence-electron chi connectivity index (χ3n) is 12.4. The van der Waals surface area contributed by atoms with E-state index in [1.165, 1.54) is 13.2 Å². The number of ether oxygens (including phenoxy) is 2. The second-order valence-corrected chi connectivity index (χ2v) is 16.5. The Labute approximate surface area is 367 Å². The predicted octanol–water partition coefficient (Wildman–Crippen LogP) is 2.52. The number of rotatable bonds is 9. The van der Waals surface area contributed by atoms with Crippen molar-refractivity contribution in [1.29, 1.82) is 0 Å². The number of amides is 4. The summed E-state index contributed by atoms with van der Waals surface area (Å²) in [5.41, 5.74) is 15.9. The Hall–Kier alpha value is -7.13. The van der Waals surface area contributed by atoms with Crippen molar-refractivity contribution in [3.63, 3.8) is 0 Å². The van der Waals surface area contributed by atoms with Gasteiger partial charge in [-0.15, -0.1) is 4.68 Å². The Morgan fingerprint density at radius 2 is 1.47 bits per heavy atom. The number of nitrogens with one attached hydrogen (secondary N) is 3. The number of imidazole rings is 2. The minimum Gasteiger partial charge on any atom is -0.494 e. The molecular formula is C43H52N15O6+. The van der Waals surface area contributed by atoms with Gasteiger partial charge in [-0.1, -0.05) is 12.2 Å². The van der Waals surface area contributed by atoms with E-state index in [9.17, 15) is 19.2 Å². The molecule has 4 amide bonds. The van der Waals surface area contributed by atoms with Crippen LogP contribution in [0.25, 0.3) is 27.8 Å².